The summed E-state index contributed by atoms with van der Waals surface area (Å²) in [5, 5.41) is 10.5. The van der Waals surface area contributed by atoms with Crippen molar-refractivity contribution < 1.29 is 9.47 Å². The van der Waals surface area contributed by atoms with E-state index in [2.05, 4.69) is 45.6 Å². The molecule has 0 bridgehead atoms. The van der Waals surface area contributed by atoms with Crippen LogP contribution in [-0.2, 0) is 4.74 Å². The molecule has 6 rings (SSSR count). The van der Waals surface area contributed by atoms with Gasteiger partial charge in [-0.25, -0.2) is 34.4 Å². The van der Waals surface area contributed by atoms with Crippen LogP contribution in [0.4, 0.5) is 17.5 Å². The van der Waals surface area contributed by atoms with E-state index in [1.807, 2.05) is 51.1 Å². The van der Waals surface area contributed by atoms with Crippen molar-refractivity contribution in [3.8, 4) is 11.5 Å². The van der Waals surface area contributed by atoms with Crippen LogP contribution in [0.15, 0.2) is 60.4 Å². The quantitative estimate of drug-likeness (QED) is 0.380. The molecule has 0 atom stereocenters. The van der Waals surface area contributed by atoms with Crippen LogP contribution in [0.2, 0.25) is 0 Å². The molecule has 0 amide bonds. The summed E-state index contributed by atoms with van der Waals surface area (Å²) >= 11 is 0. The number of aliphatic imine (C=N–C) groups is 1. The maximum absolute atomic E-state index is 6.07. The SMILES string of the molecule is Cc1cc(Nc2ncnc3cnc(NC4=NC(C)(C)CO4)nc23)ccc1Oc1ccn2ncnc2c1. The van der Waals surface area contributed by atoms with Crippen LogP contribution in [0.5, 0.6) is 11.5 Å². The lowest BCUT2D eigenvalue weighted by Crippen LogP contribution is -2.17. The summed E-state index contributed by atoms with van der Waals surface area (Å²) in [5.74, 6) is 2.30. The maximum Gasteiger partial charge on any atom is 0.292 e. The summed E-state index contributed by atoms with van der Waals surface area (Å²) in [6.07, 6.45) is 6.41. The fourth-order valence-corrected chi connectivity index (χ4v) is 3.72. The van der Waals surface area contributed by atoms with Gasteiger partial charge >= 0.3 is 0 Å². The smallest absolute Gasteiger partial charge is 0.292 e. The molecule has 1 aliphatic heterocycles. The number of benzene rings is 1. The summed E-state index contributed by atoms with van der Waals surface area (Å²) in [6.45, 7) is 6.45. The van der Waals surface area contributed by atoms with Crippen molar-refractivity contribution in [3.05, 3.63) is 60.9 Å². The molecule has 1 aromatic carbocycles. The molecule has 1 aliphatic rings. The minimum absolute atomic E-state index is 0.286. The third-order valence-electron chi connectivity index (χ3n) is 5.48. The van der Waals surface area contributed by atoms with Gasteiger partial charge in [-0.15, -0.1) is 0 Å². The van der Waals surface area contributed by atoms with E-state index in [-0.39, 0.29) is 5.54 Å². The van der Waals surface area contributed by atoms with E-state index in [4.69, 9.17) is 9.47 Å². The van der Waals surface area contributed by atoms with Gasteiger partial charge in [-0.05, 0) is 50.6 Å². The third-order valence-corrected chi connectivity index (χ3v) is 5.48. The predicted octanol–water partition coefficient (Wildman–Crippen LogP) is 3.88. The number of hydrogen-bond acceptors (Lipinski definition) is 11. The average Bonchev–Trinajstić information content (AvgIpc) is 3.46. The normalized spacial score (nSPS) is 14.5. The first kappa shape index (κ1) is 21.6. The van der Waals surface area contributed by atoms with E-state index < -0.39 is 0 Å². The second-order valence-electron chi connectivity index (χ2n) is 8.93. The van der Waals surface area contributed by atoms with Gasteiger partial charge in [0.25, 0.3) is 6.02 Å². The van der Waals surface area contributed by atoms with Gasteiger partial charge in [-0.2, -0.15) is 5.10 Å². The van der Waals surface area contributed by atoms with Crippen molar-refractivity contribution in [2.45, 2.75) is 26.3 Å². The van der Waals surface area contributed by atoms with E-state index >= 15 is 0 Å². The Morgan fingerprint density at radius 3 is 2.78 bits per heavy atom. The second-order valence-corrected chi connectivity index (χ2v) is 8.93. The van der Waals surface area contributed by atoms with Crippen LogP contribution in [-0.4, -0.2) is 52.7 Å². The number of aromatic nitrogens is 7. The zero-order valence-corrected chi connectivity index (χ0v) is 19.8. The lowest BCUT2D eigenvalue weighted by molar-refractivity contribution is 0.278. The predicted molar refractivity (Wildman–Crippen MR) is 134 cm³/mol. The minimum Gasteiger partial charge on any atom is -0.462 e. The van der Waals surface area contributed by atoms with E-state index in [0.717, 1.165) is 17.0 Å². The third kappa shape index (κ3) is 4.31. The van der Waals surface area contributed by atoms with Gasteiger partial charge in [-0.1, -0.05) is 0 Å². The molecule has 180 valence electrons. The molecule has 0 spiro atoms. The molecule has 0 saturated carbocycles. The Balaban J connectivity index is 1.23. The number of amidine groups is 1. The van der Waals surface area contributed by atoms with Gasteiger partial charge in [0.1, 0.15) is 41.8 Å². The molecule has 4 aromatic heterocycles. The van der Waals surface area contributed by atoms with Gasteiger partial charge in [0.2, 0.25) is 5.95 Å². The van der Waals surface area contributed by atoms with Crippen molar-refractivity contribution in [2.24, 2.45) is 4.99 Å². The zero-order valence-electron chi connectivity index (χ0n) is 19.8. The highest BCUT2D eigenvalue weighted by molar-refractivity contribution is 5.91. The molecule has 12 heteroatoms. The van der Waals surface area contributed by atoms with Gasteiger partial charge in [0.15, 0.2) is 11.5 Å². The summed E-state index contributed by atoms with van der Waals surface area (Å²) in [7, 11) is 0. The molecule has 0 unspecified atom stereocenters. The fourth-order valence-electron chi connectivity index (χ4n) is 3.72. The molecule has 12 nitrogen and oxygen atoms in total. The molecular formula is C24H22N10O2. The number of pyridine rings is 1. The second kappa shape index (κ2) is 8.41. The van der Waals surface area contributed by atoms with Crippen LogP contribution >= 0.6 is 0 Å². The average molecular weight is 483 g/mol. The monoisotopic (exact) mass is 482 g/mol. The van der Waals surface area contributed by atoms with Crippen LogP contribution in [0.25, 0.3) is 16.7 Å². The number of nitrogens with zero attached hydrogens (tertiary/aromatic N) is 8. The van der Waals surface area contributed by atoms with Crippen molar-refractivity contribution in [1.29, 1.82) is 0 Å². The molecule has 5 aromatic rings. The van der Waals surface area contributed by atoms with E-state index in [1.165, 1.54) is 12.7 Å². The number of fused-ring (bicyclic) bond motifs is 2. The molecular weight excluding hydrogens is 460 g/mol. The van der Waals surface area contributed by atoms with E-state index in [1.54, 1.807) is 16.9 Å². The highest BCUT2D eigenvalue weighted by Gasteiger charge is 2.26. The van der Waals surface area contributed by atoms with Crippen molar-refractivity contribution in [2.75, 3.05) is 17.2 Å². The number of rotatable bonds is 5. The first-order valence-electron chi connectivity index (χ1n) is 11.2. The largest absolute Gasteiger partial charge is 0.462 e. The molecule has 5 heterocycles. The van der Waals surface area contributed by atoms with Crippen LogP contribution in [0.1, 0.15) is 19.4 Å². The number of nitrogens with one attached hydrogen (secondary N) is 2. The van der Waals surface area contributed by atoms with Gasteiger partial charge in [0, 0.05) is 18.0 Å². The topological polar surface area (TPSA) is 137 Å². The van der Waals surface area contributed by atoms with Crippen molar-refractivity contribution in [1.82, 2.24) is 34.5 Å². The number of aryl methyl sites for hydroxylation is 1. The van der Waals surface area contributed by atoms with Crippen molar-refractivity contribution in [3.63, 3.8) is 0 Å². The van der Waals surface area contributed by atoms with Gasteiger partial charge in [0.05, 0.1) is 11.7 Å². The molecule has 36 heavy (non-hydrogen) atoms. The molecule has 0 aliphatic carbocycles. The Morgan fingerprint density at radius 2 is 1.94 bits per heavy atom. The fraction of sp³-hybridized carbons (Fsp3) is 0.208. The Kier molecular flexibility index (Phi) is 5.06. The van der Waals surface area contributed by atoms with Gasteiger partial charge in [-0.3, -0.25) is 5.32 Å². The van der Waals surface area contributed by atoms with Gasteiger partial charge < -0.3 is 14.8 Å². The maximum atomic E-state index is 6.07. The molecule has 0 saturated heterocycles. The highest BCUT2D eigenvalue weighted by atomic mass is 16.5. The number of ether oxygens (including phenoxy) is 2. The van der Waals surface area contributed by atoms with Crippen molar-refractivity contribution >= 4 is 40.2 Å². The van der Waals surface area contributed by atoms with Crippen LogP contribution in [0.3, 0.4) is 0 Å². The Hall–Kier alpha value is -4.87. The first-order chi connectivity index (χ1) is 17.4. The molecule has 0 radical (unpaired) electrons. The summed E-state index contributed by atoms with van der Waals surface area (Å²) < 4.78 is 13.3. The summed E-state index contributed by atoms with van der Waals surface area (Å²) in [6, 6.07) is 9.85. The number of anilines is 3. The summed E-state index contributed by atoms with van der Waals surface area (Å²) in [4.78, 5) is 26.3. The Bertz CT molecular complexity index is 1630. The Morgan fingerprint density at radius 1 is 1.03 bits per heavy atom. The van der Waals surface area contributed by atoms with E-state index in [0.29, 0.717) is 46.8 Å². The molecule has 0 fully saturated rings. The molecule has 2 N–H and O–H groups in total. The number of hydrogen-bond donors (Lipinski definition) is 2. The minimum atomic E-state index is -0.286. The highest BCUT2D eigenvalue weighted by Crippen LogP contribution is 2.30. The van der Waals surface area contributed by atoms with E-state index in [9.17, 15) is 0 Å². The zero-order chi connectivity index (χ0) is 24.7. The van der Waals surface area contributed by atoms with Crippen LogP contribution in [0, 0.1) is 6.92 Å². The van der Waals surface area contributed by atoms with Crippen LogP contribution < -0.4 is 15.4 Å². The standard InChI is InChI=1S/C24H22N10O2/c1-14-8-15(4-5-18(14)36-16-6-7-34-19(9-16)27-13-29-34)30-21-20-17(26-12-28-21)10-25-22(31-20)32-23-33-24(2,3)11-35-23/h4-10,12-13H,11H2,1-3H3,(H,26,28,30)(H,25,31,32,33). The summed E-state index contributed by atoms with van der Waals surface area (Å²) in [5.41, 5.74) is 3.36. The Labute approximate surface area is 205 Å². The first-order valence-corrected chi connectivity index (χ1v) is 11.2. The lowest BCUT2D eigenvalue weighted by Gasteiger charge is -2.12. The lowest BCUT2D eigenvalue weighted by atomic mass is 10.1.